The number of nitrogen functional groups attached to an aromatic ring is 1. The molecule has 0 bridgehead atoms. The zero-order valence-corrected chi connectivity index (χ0v) is 17.6. The molecule has 3 aromatic rings. The number of ether oxygens (including phenoxy) is 1. The molecule has 30 heavy (non-hydrogen) atoms. The maximum atomic E-state index is 6.49. The standard InChI is InChI=1S/C18H21Cl2N9O/c19-12-4-5-13(30-6-2-1-3-14-27-26-10-29(14)22)11(15(12)20)7-28-9-25-16-17(21)23-8-24-18(16)28/h4-5,8-9,26H,1-3,6-7,10,22H2,(H2,21,23,24). The Morgan fingerprint density at radius 2 is 2.03 bits per heavy atom. The lowest BCUT2D eigenvalue weighted by atomic mass is 10.2. The van der Waals surface area contributed by atoms with Gasteiger partial charge in [0.15, 0.2) is 11.5 Å². The van der Waals surface area contributed by atoms with Gasteiger partial charge < -0.3 is 15.0 Å². The van der Waals surface area contributed by atoms with Gasteiger partial charge in [0.05, 0.1) is 29.5 Å². The van der Waals surface area contributed by atoms with Gasteiger partial charge in [-0.25, -0.2) is 20.8 Å². The molecule has 5 N–H and O–H groups in total. The molecule has 12 heteroatoms. The molecule has 0 aliphatic carbocycles. The summed E-state index contributed by atoms with van der Waals surface area (Å²) in [5.41, 5.74) is 10.6. The van der Waals surface area contributed by atoms with E-state index in [4.69, 9.17) is 39.5 Å². The van der Waals surface area contributed by atoms with Crippen LogP contribution in [0.15, 0.2) is 29.9 Å². The summed E-state index contributed by atoms with van der Waals surface area (Å²) in [6.07, 6.45) is 5.56. The largest absolute Gasteiger partial charge is 0.493 e. The molecule has 0 fully saturated rings. The topological polar surface area (TPSA) is 132 Å². The molecule has 0 saturated heterocycles. The van der Waals surface area contributed by atoms with Gasteiger partial charge in [-0.3, -0.25) is 10.4 Å². The van der Waals surface area contributed by atoms with Crippen molar-refractivity contribution in [3.63, 3.8) is 0 Å². The van der Waals surface area contributed by atoms with Crippen LogP contribution < -0.4 is 21.7 Å². The Morgan fingerprint density at radius 3 is 2.83 bits per heavy atom. The van der Waals surface area contributed by atoms with Crippen molar-refractivity contribution >= 4 is 46.0 Å². The van der Waals surface area contributed by atoms with E-state index in [0.29, 0.717) is 52.6 Å². The monoisotopic (exact) mass is 449 g/mol. The Morgan fingerprint density at radius 1 is 1.17 bits per heavy atom. The van der Waals surface area contributed by atoms with Crippen molar-refractivity contribution in [1.29, 1.82) is 0 Å². The van der Waals surface area contributed by atoms with E-state index in [2.05, 4.69) is 25.5 Å². The van der Waals surface area contributed by atoms with E-state index in [1.165, 1.54) is 6.33 Å². The fourth-order valence-electron chi connectivity index (χ4n) is 3.17. The number of hydrazone groups is 1. The maximum Gasteiger partial charge on any atom is 0.165 e. The van der Waals surface area contributed by atoms with E-state index in [0.717, 1.165) is 30.7 Å². The van der Waals surface area contributed by atoms with Crippen LogP contribution in [0.5, 0.6) is 5.75 Å². The third-order valence-electron chi connectivity index (χ3n) is 4.74. The molecule has 1 aliphatic rings. The molecule has 2 aromatic heterocycles. The second kappa shape index (κ2) is 8.90. The Kier molecular flexibility index (Phi) is 6.07. The van der Waals surface area contributed by atoms with Gasteiger partial charge in [-0.15, -0.1) is 0 Å². The summed E-state index contributed by atoms with van der Waals surface area (Å²) in [4.78, 5) is 12.5. The highest BCUT2D eigenvalue weighted by Gasteiger charge is 2.16. The third-order valence-corrected chi connectivity index (χ3v) is 5.59. The number of hydrogen-bond acceptors (Lipinski definition) is 9. The molecule has 10 nitrogen and oxygen atoms in total. The summed E-state index contributed by atoms with van der Waals surface area (Å²) in [7, 11) is 0. The predicted molar refractivity (Wildman–Crippen MR) is 116 cm³/mol. The lowest BCUT2D eigenvalue weighted by molar-refractivity contribution is 0.303. The quantitative estimate of drug-likeness (QED) is 0.352. The summed E-state index contributed by atoms with van der Waals surface area (Å²) < 4.78 is 7.85. The van der Waals surface area contributed by atoms with E-state index < -0.39 is 0 Å². The van der Waals surface area contributed by atoms with E-state index in [9.17, 15) is 0 Å². The van der Waals surface area contributed by atoms with Crippen LogP contribution in [-0.2, 0) is 6.54 Å². The van der Waals surface area contributed by atoms with Crippen molar-refractivity contribution in [2.75, 3.05) is 19.0 Å². The normalized spacial score (nSPS) is 13.6. The van der Waals surface area contributed by atoms with Crippen LogP contribution in [0.2, 0.25) is 10.0 Å². The second-order valence-electron chi connectivity index (χ2n) is 6.76. The van der Waals surface area contributed by atoms with E-state index >= 15 is 0 Å². The number of hydrogen-bond donors (Lipinski definition) is 3. The van der Waals surface area contributed by atoms with Crippen molar-refractivity contribution < 1.29 is 4.74 Å². The Balaban J connectivity index is 1.45. The van der Waals surface area contributed by atoms with Crippen LogP contribution in [0.25, 0.3) is 11.2 Å². The van der Waals surface area contributed by atoms with Gasteiger partial charge in [0.25, 0.3) is 0 Å². The molecular formula is C18H21Cl2N9O. The first-order chi connectivity index (χ1) is 14.5. The third kappa shape index (κ3) is 4.20. The van der Waals surface area contributed by atoms with Crippen molar-refractivity contribution in [3.05, 3.63) is 40.4 Å². The van der Waals surface area contributed by atoms with E-state index in [1.807, 2.05) is 10.6 Å². The first kappa shape index (κ1) is 20.5. The fourth-order valence-corrected chi connectivity index (χ4v) is 3.56. The van der Waals surface area contributed by atoms with E-state index in [1.54, 1.807) is 17.4 Å². The van der Waals surface area contributed by atoms with Crippen LogP contribution in [0.1, 0.15) is 24.8 Å². The number of aromatic nitrogens is 4. The highest BCUT2D eigenvalue weighted by molar-refractivity contribution is 6.42. The average molecular weight is 450 g/mol. The Bertz CT molecular complexity index is 1080. The van der Waals surface area contributed by atoms with Gasteiger partial charge >= 0.3 is 0 Å². The molecular weight excluding hydrogens is 429 g/mol. The summed E-state index contributed by atoms with van der Waals surface area (Å²) in [5.74, 6) is 7.64. The van der Waals surface area contributed by atoms with Gasteiger partial charge in [-0.1, -0.05) is 23.2 Å². The smallest absolute Gasteiger partial charge is 0.165 e. The number of nitrogens with zero attached hydrogens (tertiary/aromatic N) is 6. The van der Waals surface area contributed by atoms with Crippen molar-refractivity contribution in [2.24, 2.45) is 10.9 Å². The van der Waals surface area contributed by atoms with Gasteiger partial charge in [0.2, 0.25) is 0 Å². The molecule has 158 valence electrons. The predicted octanol–water partition coefficient (Wildman–Crippen LogP) is 2.36. The van der Waals surface area contributed by atoms with Crippen molar-refractivity contribution in [3.8, 4) is 5.75 Å². The number of rotatable bonds is 8. The lowest BCUT2D eigenvalue weighted by Crippen LogP contribution is -2.35. The van der Waals surface area contributed by atoms with Gasteiger partial charge in [0.1, 0.15) is 30.1 Å². The minimum Gasteiger partial charge on any atom is -0.493 e. The first-order valence-corrected chi connectivity index (χ1v) is 10.1. The zero-order valence-electron chi connectivity index (χ0n) is 16.1. The number of anilines is 1. The van der Waals surface area contributed by atoms with Crippen LogP contribution in [0, 0.1) is 0 Å². The van der Waals surface area contributed by atoms with Crippen molar-refractivity contribution in [2.45, 2.75) is 25.8 Å². The molecule has 1 aromatic carbocycles. The Labute approximate surface area is 182 Å². The Hall–Kier alpha value is -2.82. The van der Waals surface area contributed by atoms with Gasteiger partial charge in [-0.05, 0) is 25.0 Å². The number of amidine groups is 1. The number of halogens is 2. The minimum absolute atomic E-state index is 0.325. The van der Waals surface area contributed by atoms with Crippen LogP contribution in [0.3, 0.4) is 0 Å². The second-order valence-corrected chi connectivity index (χ2v) is 7.55. The molecule has 0 amide bonds. The number of fused-ring (bicyclic) bond motifs is 1. The number of nitrogens with two attached hydrogens (primary N) is 2. The molecule has 0 unspecified atom stereocenters. The number of nitrogens with one attached hydrogen (secondary N) is 1. The van der Waals surface area contributed by atoms with E-state index in [-0.39, 0.29) is 0 Å². The first-order valence-electron chi connectivity index (χ1n) is 9.37. The average Bonchev–Trinajstić information content (AvgIpc) is 3.34. The van der Waals surface area contributed by atoms with Crippen LogP contribution >= 0.6 is 23.2 Å². The lowest BCUT2D eigenvalue weighted by Gasteiger charge is -2.15. The molecule has 0 saturated carbocycles. The molecule has 0 radical (unpaired) electrons. The highest BCUT2D eigenvalue weighted by atomic mass is 35.5. The number of benzene rings is 1. The summed E-state index contributed by atoms with van der Waals surface area (Å²) in [6.45, 7) is 1.44. The van der Waals surface area contributed by atoms with Crippen LogP contribution in [0.4, 0.5) is 5.82 Å². The maximum absolute atomic E-state index is 6.49. The minimum atomic E-state index is 0.325. The zero-order chi connectivity index (χ0) is 21.1. The van der Waals surface area contributed by atoms with Crippen LogP contribution in [-0.4, -0.2) is 43.6 Å². The molecule has 0 atom stereocenters. The molecule has 0 spiro atoms. The van der Waals surface area contributed by atoms with Crippen molar-refractivity contribution in [1.82, 2.24) is 30.0 Å². The number of unbranched alkanes of at least 4 members (excludes halogenated alkanes) is 1. The molecule has 3 heterocycles. The summed E-state index contributed by atoms with van der Waals surface area (Å²) in [6, 6.07) is 3.54. The van der Waals surface area contributed by atoms with Gasteiger partial charge in [0, 0.05) is 12.0 Å². The number of hydrazine groups is 1. The molecule has 4 rings (SSSR count). The SMILES string of the molecule is Nc1ncnc2c1ncn2Cc1c(OCCCCC2=NNCN2N)ccc(Cl)c1Cl. The summed E-state index contributed by atoms with van der Waals surface area (Å²) in [5, 5.41) is 6.63. The number of imidazole rings is 1. The highest BCUT2D eigenvalue weighted by Crippen LogP contribution is 2.34. The molecule has 1 aliphatic heterocycles. The van der Waals surface area contributed by atoms with Gasteiger partial charge in [-0.2, -0.15) is 5.10 Å². The summed E-state index contributed by atoms with van der Waals surface area (Å²) >= 11 is 12.7. The fraction of sp³-hybridized carbons (Fsp3) is 0.333.